The quantitative estimate of drug-likeness (QED) is 0.543. The van der Waals surface area contributed by atoms with Crippen molar-refractivity contribution in [3.63, 3.8) is 0 Å². The van der Waals surface area contributed by atoms with Crippen molar-refractivity contribution in [3.8, 4) is 0 Å². The van der Waals surface area contributed by atoms with Gasteiger partial charge in [0.25, 0.3) is 5.91 Å². The second-order valence-electron chi connectivity index (χ2n) is 3.81. The highest BCUT2D eigenvalue weighted by Crippen LogP contribution is 2.21. The number of esters is 1. The molecule has 0 spiro atoms. The molecule has 0 radical (unpaired) electrons. The molecule has 0 aliphatic rings. The zero-order valence-electron chi connectivity index (χ0n) is 10.4. The number of halogens is 4. The van der Waals surface area contributed by atoms with Crippen molar-refractivity contribution in [1.82, 2.24) is 4.90 Å². The van der Waals surface area contributed by atoms with Crippen LogP contribution in [0.1, 0.15) is 16.8 Å². The van der Waals surface area contributed by atoms with Gasteiger partial charge in [0, 0.05) is 11.9 Å². The molecule has 1 heterocycles. The van der Waals surface area contributed by atoms with Crippen LogP contribution in [0.3, 0.4) is 0 Å². The molecular formula is C11H11F3INO3S. The molecule has 112 valence electrons. The Morgan fingerprint density at radius 1 is 1.45 bits per heavy atom. The maximum atomic E-state index is 12.5. The van der Waals surface area contributed by atoms with Crippen LogP contribution in [-0.4, -0.2) is 43.2 Å². The summed E-state index contributed by atoms with van der Waals surface area (Å²) in [6.45, 7) is -1.73. The zero-order valence-corrected chi connectivity index (χ0v) is 13.3. The van der Waals surface area contributed by atoms with E-state index in [2.05, 4.69) is 4.74 Å². The van der Waals surface area contributed by atoms with Crippen LogP contribution in [0.4, 0.5) is 13.2 Å². The van der Waals surface area contributed by atoms with Crippen LogP contribution in [0.2, 0.25) is 0 Å². The summed E-state index contributed by atoms with van der Waals surface area (Å²) in [4.78, 5) is 23.6. The summed E-state index contributed by atoms with van der Waals surface area (Å²) in [6.07, 6.45) is -4.80. The van der Waals surface area contributed by atoms with Gasteiger partial charge in [-0.1, -0.05) is 0 Å². The lowest BCUT2D eigenvalue weighted by molar-refractivity contribution is -0.147. The van der Waals surface area contributed by atoms with Crippen molar-refractivity contribution in [1.29, 1.82) is 0 Å². The predicted molar refractivity (Wildman–Crippen MR) is 75.6 cm³/mol. The van der Waals surface area contributed by atoms with Gasteiger partial charge in [-0.25, -0.2) is 0 Å². The number of hydrogen-bond donors (Lipinski definition) is 0. The molecule has 4 nitrogen and oxygen atoms in total. The number of methoxy groups -OCH3 is 1. The molecule has 0 aromatic carbocycles. The highest BCUT2D eigenvalue weighted by molar-refractivity contribution is 14.1. The van der Waals surface area contributed by atoms with Crippen LogP contribution in [0.15, 0.2) is 11.4 Å². The van der Waals surface area contributed by atoms with Crippen LogP contribution in [0.25, 0.3) is 0 Å². The fourth-order valence-corrected chi connectivity index (χ4v) is 2.72. The standard InChI is InChI=1S/C11H11F3INO3S/c1-19-9(17)2-3-16(6-11(12,13)14)10(18)7-4-8(15)20-5-7/h4-5H,2-3,6H2,1H3. The average Bonchev–Trinajstić information content (AvgIpc) is 2.78. The first kappa shape index (κ1) is 17.2. The van der Waals surface area contributed by atoms with E-state index in [4.69, 9.17) is 0 Å². The second-order valence-corrected chi connectivity index (χ2v) is 6.61. The van der Waals surface area contributed by atoms with Crippen LogP contribution in [0, 0.1) is 2.88 Å². The summed E-state index contributed by atoms with van der Waals surface area (Å²) in [6, 6.07) is 1.51. The van der Waals surface area contributed by atoms with Gasteiger partial charge in [0.05, 0.1) is 22.0 Å². The minimum absolute atomic E-state index is 0.188. The first-order chi connectivity index (χ1) is 9.23. The fraction of sp³-hybridized carbons (Fsp3) is 0.455. The predicted octanol–water partition coefficient (Wildman–Crippen LogP) is 2.92. The molecular weight excluding hydrogens is 410 g/mol. The molecule has 0 bridgehead atoms. The lowest BCUT2D eigenvalue weighted by Gasteiger charge is -2.23. The summed E-state index contributed by atoms with van der Waals surface area (Å²) in [7, 11) is 1.14. The average molecular weight is 421 g/mol. The summed E-state index contributed by atoms with van der Waals surface area (Å²) in [5, 5.41) is 1.49. The van der Waals surface area contributed by atoms with Gasteiger partial charge < -0.3 is 9.64 Å². The van der Waals surface area contributed by atoms with Crippen LogP contribution >= 0.6 is 33.9 Å². The lowest BCUT2D eigenvalue weighted by atomic mass is 10.2. The Hall–Kier alpha value is -0.840. The number of carbonyl (C=O) groups excluding carboxylic acids is 2. The highest BCUT2D eigenvalue weighted by atomic mass is 127. The molecule has 0 saturated heterocycles. The third kappa shape index (κ3) is 5.65. The summed E-state index contributed by atoms with van der Waals surface area (Å²) in [5.41, 5.74) is 0.188. The first-order valence-electron chi connectivity index (χ1n) is 5.40. The molecule has 9 heteroatoms. The SMILES string of the molecule is COC(=O)CCN(CC(F)(F)F)C(=O)c1csc(I)c1. The van der Waals surface area contributed by atoms with E-state index in [1.54, 1.807) is 0 Å². The number of nitrogens with zero attached hydrogens (tertiary/aromatic N) is 1. The van der Waals surface area contributed by atoms with Gasteiger partial charge in [0.1, 0.15) is 6.54 Å². The molecule has 0 N–H and O–H groups in total. The summed E-state index contributed by atoms with van der Waals surface area (Å²) < 4.78 is 42.6. The highest BCUT2D eigenvalue weighted by Gasteiger charge is 2.33. The fourth-order valence-electron chi connectivity index (χ4n) is 1.40. The molecule has 1 aromatic heterocycles. The number of amides is 1. The van der Waals surface area contributed by atoms with Crippen molar-refractivity contribution >= 4 is 45.8 Å². The maximum Gasteiger partial charge on any atom is 0.406 e. The van der Waals surface area contributed by atoms with E-state index < -0.39 is 24.6 Å². The van der Waals surface area contributed by atoms with E-state index in [0.29, 0.717) is 4.90 Å². The van der Waals surface area contributed by atoms with Crippen LogP contribution in [0.5, 0.6) is 0 Å². The second kappa shape index (κ2) is 7.25. The van der Waals surface area contributed by atoms with Gasteiger partial charge >= 0.3 is 12.1 Å². The third-order valence-corrected chi connectivity index (χ3v) is 4.07. The number of rotatable bonds is 5. The Kier molecular flexibility index (Phi) is 6.24. The normalized spacial score (nSPS) is 11.2. The number of ether oxygens (including phenoxy) is 1. The van der Waals surface area contributed by atoms with E-state index in [9.17, 15) is 22.8 Å². The van der Waals surface area contributed by atoms with E-state index >= 15 is 0 Å². The largest absolute Gasteiger partial charge is 0.469 e. The van der Waals surface area contributed by atoms with Gasteiger partial charge in [-0.15, -0.1) is 11.3 Å². The van der Waals surface area contributed by atoms with Gasteiger partial charge in [0.15, 0.2) is 0 Å². The van der Waals surface area contributed by atoms with E-state index in [-0.39, 0.29) is 18.5 Å². The van der Waals surface area contributed by atoms with Crippen LogP contribution < -0.4 is 0 Å². The molecule has 1 rings (SSSR count). The monoisotopic (exact) mass is 421 g/mol. The molecule has 20 heavy (non-hydrogen) atoms. The van der Waals surface area contributed by atoms with Gasteiger partial charge in [0.2, 0.25) is 0 Å². The smallest absolute Gasteiger partial charge is 0.406 e. The van der Waals surface area contributed by atoms with E-state index in [1.165, 1.54) is 22.8 Å². The summed E-state index contributed by atoms with van der Waals surface area (Å²) in [5.74, 6) is -1.41. The third-order valence-electron chi connectivity index (χ3n) is 2.29. The Balaban J connectivity index is 2.80. The number of hydrogen-bond acceptors (Lipinski definition) is 4. The van der Waals surface area contributed by atoms with Crippen molar-refractivity contribution < 1.29 is 27.5 Å². The molecule has 1 aromatic rings. The van der Waals surface area contributed by atoms with Crippen LogP contribution in [-0.2, 0) is 9.53 Å². The molecule has 0 fully saturated rings. The minimum Gasteiger partial charge on any atom is -0.469 e. The number of carbonyl (C=O) groups is 2. The molecule has 0 aliphatic heterocycles. The van der Waals surface area contributed by atoms with E-state index in [1.807, 2.05) is 22.6 Å². The topological polar surface area (TPSA) is 46.6 Å². The minimum atomic E-state index is -4.52. The zero-order chi connectivity index (χ0) is 15.3. The van der Waals surface area contributed by atoms with Crippen molar-refractivity contribution in [2.75, 3.05) is 20.2 Å². The van der Waals surface area contributed by atoms with Crippen molar-refractivity contribution in [2.45, 2.75) is 12.6 Å². The Bertz CT molecular complexity index is 490. The number of alkyl halides is 3. The molecule has 0 unspecified atom stereocenters. The molecule has 1 amide bonds. The maximum absolute atomic E-state index is 12.5. The number of thiophene rings is 1. The van der Waals surface area contributed by atoms with E-state index in [0.717, 1.165) is 9.99 Å². The lowest BCUT2D eigenvalue weighted by Crippen LogP contribution is -2.40. The first-order valence-corrected chi connectivity index (χ1v) is 7.35. The van der Waals surface area contributed by atoms with Crippen molar-refractivity contribution in [2.24, 2.45) is 0 Å². The Labute approximate surface area is 131 Å². The molecule has 0 atom stereocenters. The Morgan fingerprint density at radius 2 is 2.10 bits per heavy atom. The van der Waals surface area contributed by atoms with Crippen molar-refractivity contribution in [3.05, 3.63) is 19.9 Å². The Morgan fingerprint density at radius 3 is 2.55 bits per heavy atom. The molecule has 0 aliphatic carbocycles. The molecule has 0 saturated carbocycles. The van der Waals surface area contributed by atoms with Gasteiger partial charge in [-0.05, 0) is 28.7 Å². The van der Waals surface area contributed by atoms with Gasteiger partial charge in [-0.3, -0.25) is 9.59 Å². The van der Waals surface area contributed by atoms with Gasteiger partial charge in [-0.2, -0.15) is 13.2 Å². The summed E-state index contributed by atoms with van der Waals surface area (Å²) >= 11 is 3.24.